The third-order valence-electron chi connectivity index (χ3n) is 3.21. The number of rotatable bonds is 4. The SMILES string of the molecule is CNc1cn2ccnc2c(NCc2ccc(C)cc2)n1. The van der Waals surface area contributed by atoms with Crippen molar-refractivity contribution in [2.45, 2.75) is 13.5 Å². The Hall–Kier alpha value is -2.56. The van der Waals surface area contributed by atoms with Crippen molar-refractivity contribution >= 4 is 17.3 Å². The van der Waals surface area contributed by atoms with Crippen molar-refractivity contribution in [3.8, 4) is 0 Å². The molecule has 0 bridgehead atoms. The van der Waals surface area contributed by atoms with Gasteiger partial charge in [0.05, 0.1) is 6.20 Å². The van der Waals surface area contributed by atoms with Crippen LogP contribution in [0.5, 0.6) is 0 Å². The number of fused-ring (bicyclic) bond motifs is 1. The molecule has 2 N–H and O–H groups in total. The number of nitrogens with one attached hydrogen (secondary N) is 2. The van der Waals surface area contributed by atoms with Crippen molar-refractivity contribution in [3.05, 3.63) is 54.0 Å². The van der Waals surface area contributed by atoms with Crippen LogP contribution in [-0.4, -0.2) is 21.4 Å². The van der Waals surface area contributed by atoms with Crippen molar-refractivity contribution in [2.24, 2.45) is 0 Å². The van der Waals surface area contributed by atoms with Crippen molar-refractivity contribution < 1.29 is 0 Å². The van der Waals surface area contributed by atoms with E-state index in [1.165, 1.54) is 11.1 Å². The van der Waals surface area contributed by atoms with E-state index < -0.39 is 0 Å². The van der Waals surface area contributed by atoms with Gasteiger partial charge in [-0.1, -0.05) is 29.8 Å². The normalized spacial score (nSPS) is 10.7. The predicted octanol–water partition coefficient (Wildman–Crippen LogP) is 2.69. The number of aromatic nitrogens is 3. The molecule has 5 heteroatoms. The summed E-state index contributed by atoms with van der Waals surface area (Å²) in [6.07, 6.45) is 5.60. The van der Waals surface area contributed by atoms with E-state index in [0.717, 1.165) is 23.8 Å². The standard InChI is InChI=1S/C15H17N5/c1-11-3-5-12(6-4-11)9-18-14-15-17-7-8-20(15)10-13(16-2)19-14/h3-8,10,16H,9H2,1-2H3,(H,18,19). The number of benzene rings is 1. The van der Waals surface area contributed by atoms with E-state index in [1.807, 2.05) is 23.8 Å². The summed E-state index contributed by atoms with van der Waals surface area (Å²) in [6.45, 7) is 2.81. The van der Waals surface area contributed by atoms with E-state index in [2.05, 4.69) is 51.8 Å². The molecule has 3 aromatic rings. The Bertz CT molecular complexity index is 715. The summed E-state index contributed by atoms with van der Waals surface area (Å²) in [5.74, 6) is 1.59. The summed E-state index contributed by atoms with van der Waals surface area (Å²) in [5, 5.41) is 6.41. The Morgan fingerprint density at radius 3 is 2.75 bits per heavy atom. The third-order valence-corrected chi connectivity index (χ3v) is 3.21. The minimum atomic E-state index is 0.725. The van der Waals surface area contributed by atoms with E-state index in [0.29, 0.717) is 0 Å². The minimum Gasteiger partial charge on any atom is -0.372 e. The van der Waals surface area contributed by atoms with E-state index in [4.69, 9.17) is 0 Å². The molecule has 3 rings (SSSR count). The first-order valence-corrected chi connectivity index (χ1v) is 6.57. The molecule has 2 heterocycles. The molecule has 20 heavy (non-hydrogen) atoms. The lowest BCUT2D eigenvalue weighted by molar-refractivity contribution is 1.07. The summed E-state index contributed by atoms with van der Waals surface area (Å²) >= 11 is 0. The highest BCUT2D eigenvalue weighted by molar-refractivity contribution is 5.65. The van der Waals surface area contributed by atoms with Crippen LogP contribution in [0, 0.1) is 6.92 Å². The summed E-state index contributed by atoms with van der Waals surface area (Å²) in [7, 11) is 1.86. The summed E-state index contributed by atoms with van der Waals surface area (Å²) in [5.41, 5.74) is 3.31. The van der Waals surface area contributed by atoms with E-state index in [-0.39, 0.29) is 0 Å². The summed E-state index contributed by atoms with van der Waals surface area (Å²) in [6, 6.07) is 8.46. The van der Waals surface area contributed by atoms with Crippen LogP contribution in [-0.2, 0) is 6.54 Å². The predicted molar refractivity (Wildman–Crippen MR) is 81.0 cm³/mol. The molecule has 0 saturated carbocycles. The Kier molecular flexibility index (Phi) is 3.25. The van der Waals surface area contributed by atoms with Crippen LogP contribution in [0.15, 0.2) is 42.9 Å². The monoisotopic (exact) mass is 267 g/mol. The Labute approximate surface area is 117 Å². The number of hydrogen-bond acceptors (Lipinski definition) is 4. The molecule has 0 radical (unpaired) electrons. The number of anilines is 2. The second-order valence-electron chi connectivity index (χ2n) is 4.72. The van der Waals surface area contributed by atoms with Gasteiger partial charge in [-0.2, -0.15) is 0 Å². The molecule has 0 atom stereocenters. The molecule has 0 amide bonds. The molecule has 5 nitrogen and oxygen atoms in total. The van der Waals surface area contributed by atoms with Gasteiger partial charge in [0.2, 0.25) is 0 Å². The molecule has 0 unspecified atom stereocenters. The van der Waals surface area contributed by atoms with Gasteiger partial charge in [-0.05, 0) is 12.5 Å². The average molecular weight is 267 g/mol. The second kappa shape index (κ2) is 5.21. The molecule has 0 aliphatic rings. The van der Waals surface area contributed by atoms with E-state index in [1.54, 1.807) is 6.20 Å². The minimum absolute atomic E-state index is 0.725. The van der Waals surface area contributed by atoms with Crippen LogP contribution in [0.2, 0.25) is 0 Å². The van der Waals surface area contributed by atoms with Crippen molar-refractivity contribution in [1.29, 1.82) is 0 Å². The molecule has 0 spiro atoms. The molecular weight excluding hydrogens is 250 g/mol. The van der Waals surface area contributed by atoms with Gasteiger partial charge >= 0.3 is 0 Å². The van der Waals surface area contributed by atoms with Crippen molar-refractivity contribution in [3.63, 3.8) is 0 Å². The lowest BCUT2D eigenvalue weighted by Gasteiger charge is -2.09. The highest BCUT2D eigenvalue weighted by Crippen LogP contribution is 2.17. The zero-order valence-corrected chi connectivity index (χ0v) is 11.6. The fourth-order valence-corrected chi connectivity index (χ4v) is 2.06. The first-order chi connectivity index (χ1) is 9.76. The third kappa shape index (κ3) is 2.42. The maximum Gasteiger partial charge on any atom is 0.180 e. The first-order valence-electron chi connectivity index (χ1n) is 6.57. The smallest absolute Gasteiger partial charge is 0.180 e. The van der Waals surface area contributed by atoms with E-state index in [9.17, 15) is 0 Å². The molecule has 2 aromatic heterocycles. The molecule has 102 valence electrons. The summed E-state index contributed by atoms with van der Waals surface area (Å²) in [4.78, 5) is 8.85. The number of hydrogen-bond donors (Lipinski definition) is 2. The Morgan fingerprint density at radius 1 is 1.20 bits per heavy atom. The van der Waals surface area contributed by atoms with Crippen LogP contribution in [0.25, 0.3) is 5.65 Å². The Balaban J connectivity index is 1.86. The van der Waals surface area contributed by atoms with Gasteiger partial charge in [-0.3, -0.25) is 0 Å². The van der Waals surface area contributed by atoms with Gasteiger partial charge in [0.1, 0.15) is 5.82 Å². The Morgan fingerprint density at radius 2 is 2.00 bits per heavy atom. The van der Waals surface area contributed by atoms with Crippen molar-refractivity contribution in [1.82, 2.24) is 14.4 Å². The second-order valence-corrected chi connectivity index (χ2v) is 4.72. The molecule has 0 fully saturated rings. The zero-order valence-electron chi connectivity index (χ0n) is 11.6. The van der Waals surface area contributed by atoms with Gasteiger partial charge in [0.15, 0.2) is 11.5 Å². The molecular formula is C15H17N5. The maximum atomic E-state index is 4.52. The zero-order chi connectivity index (χ0) is 13.9. The fourth-order valence-electron chi connectivity index (χ4n) is 2.06. The van der Waals surface area contributed by atoms with Crippen LogP contribution >= 0.6 is 0 Å². The maximum absolute atomic E-state index is 4.52. The molecule has 0 aliphatic heterocycles. The molecule has 1 aromatic carbocycles. The number of aryl methyl sites for hydroxylation is 1. The van der Waals surface area contributed by atoms with Gasteiger partial charge in [-0.25, -0.2) is 9.97 Å². The van der Waals surface area contributed by atoms with Gasteiger partial charge in [0, 0.05) is 26.0 Å². The van der Waals surface area contributed by atoms with Crippen molar-refractivity contribution in [2.75, 3.05) is 17.7 Å². The molecule has 0 saturated heterocycles. The fraction of sp³-hybridized carbons (Fsp3) is 0.200. The largest absolute Gasteiger partial charge is 0.372 e. The van der Waals surface area contributed by atoms with Crippen LogP contribution < -0.4 is 10.6 Å². The average Bonchev–Trinajstić information content (AvgIpc) is 2.94. The van der Waals surface area contributed by atoms with Crippen LogP contribution in [0.1, 0.15) is 11.1 Å². The molecule has 0 aliphatic carbocycles. The highest BCUT2D eigenvalue weighted by atomic mass is 15.1. The highest BCUT2D eigenvalue weighted by Gasteiger charge is 2.06. The van der Waals surface area contributed by atoms with Crippen LogP contribution in [0.3, 0.4) is 0 Å². The lowest BCUT2D eigenvalue weighted by Crippen LogP contribution is -2.06. The quantitative estimate of drug-likeness (QED) is 0.763. The van der Waals surface area contributed by atoms with Gasteiger partial charge in [-0.15, -0.1) is 0 Å². The lowest BCUT2D eigenvalue weighted by atomic mass is 10.1. The topological polar surface area (TPSA) is 54.2 Å². The number of nitrogens with zero attached hydrogens (tertiary/aromatic N) is 3. The van der Waals surface area contributed by atoms with Gasteiger partial charge in [0.25, 0.3) is 0 Å². The number of imidazole rings is 1. The van der Waals surface area contributed by atoms with Gasteiger partial charge < -0.3 is 15.0 Å². The van der Waals surface area contributed by atoms with Crippen LogP contribution in [0.4, 0.5) is 11.6 Å². The first kappa shape index (κ1) is 12.5. The summed E-state index contributed by atoms with van der Waals surface area (Å²) < 4.78 is 1.95. The van der Waals surface area contributed by atoms with E-state index >= 15 is 0 Å².